The molecule has 0 aliphatic carbocycles. The highest BCUT2D eigenvalue weighted by Crippen LogP contribution is 2.24. The summed E-state index contributed by atoms with van der Waals surface area (Å²) in [6, 6.07) is 3.82. The van der Waals surface area contributed by atoms with E-state index in [4.69, 9.17) is 5.14 Å². The first-order valence-electron chi connectivity index (χ1n) is 5.64. The van der Waals surface area contributed by atoms with Crippen molar-refractivity contribution in [3.8, 4) is 0 Å². The van der Waals surface area contributed by atoms with E-state index in [9.17, 15) is 21.6 Å². The average Bonchev–Trinajstić information content (AvgIpc) is 2.35. The number of methoxy groups -OCH3 is 1. The number of carbonyl (C=O) groups excluding carboxylic acids is 1. The molecule has 0 aliphatic heterocycles. The molecule has 0 fully saturated rings. The maximum atomic E-state index is 12.2. The SMILES string of the molecule is COC(=O)c1cccc(S(=O)(=O)N(C)C)c1CS(N)(=O)=O. The van der Waals surface area contributed by atoms with Gasteiger partial charge in [0, 0.05) is 19.7 Å². The molecule has 0 heterocycles. The number of hydrogen-bond donors (Lipinski definition) is 1. The van der Waals surface area contributed by atoms with Crippen molar-refractivity contribution in [1.29, 1.82) is 0 Å². The van der Waals surface area contributed by atoms with Gasteiger partial charge in [-0.2, -0.15) is 0 Å². The fourth-order valence-corrected chi connectivity index (χ4v) is 3.60. The molecule has 0 unspecified atom stereocenters. The summed E-state index contributed by atoms with van der Waals surface area (Å²) in [4.78, 5) is 11.4. The highest BCUT2D eigenvalue weighted by Gasteiger charge is 2.27. The Hall–Kier alpha value is -1.49. The number of sulfonamides is 2. The molecule has 1 aromatic carbocycles. The number of hydrogen-bond acceptors (Lipinski definition) is 6. The van der Waals surface area contributed by atoms with Crippen molar-refractivity contribution in [2.75, 3.05) is 21.2 Å². The number of rotatable bonds is 5. The maximum Gasteiger partial charge on any atom is 0.338 e. The quantitative estimate of drug-likeness (QED) is 0.724. The summed E-state index contributed by atoms with van der Waals surface area (Å²) in [7, 11) is -4.29. The van der Waals surface area contributed by atoms with E-state index < -0.39 is 31.8 Å². The van der Waals surface area contributed by atoms with Crippen LogP contribution in [-0.4, -0.2) is 48.3 Å². The molecule has 0 atom stereocenters. The monoisotopic (exact) mass is 336 g/mol. The van der Waals surface area contributed by atoms with E-state index >= 15 is 0 Å². The van der Waals surface area contributed by atoms with E-state index in [2.05, 4.69) is 4.74 Å². The second-order valence-electron chi connectivity index (χ2n) is 4.37. The summed E-state index contributed by atoms with van der Waals surface area (Å²) in [5, 5.41) is 4.98. The van der Waals surface area contributed by atoms with Gasteiger partial charge in [-0.15, -0.1) is 0 Å². The summed E-state index contributed by atoms with van der Waals surface area (Å²) < 4.78 is 52.6. The van der Waals surface area contributed by atoms with Gasteiger partial charge in [0.15, 0.2) is 0 Å². The van der Waals surface area contributed by atoms with E-state index in [-0.39, 0.29) is 16.0 Å². The van der Waals surface area contributed by atoms with Gasteiger partial charge in [-0.25, -0.2) is 31.1 Å². The van der Waals surface area contributed by atoms with Gasteiger partial charge in [0.1, 0.15) is 0 Å². The largest absolute Gasteiger partial charge is 0.465 e. The fraction of sp³-hybridized carbons (Fsp3) is 0.364. The summed E-state index contributed by atoms with van der Waals surface area (Å²) in [5.41, 5.74) is -0.366. The Kier molecular flexibility index (Phi) is 5.10. The molecule has 0 spiro atoms. The van der Waals surface area contributed by atoms with Crippen molar-refractivity contribution >= 4 is 26.0 Å². The van der Waals surface area contributed by atoms with E-state index in [0.717, 1.165) is 11.4 Å². The number of ether oxygens (including phenoxy) is 1. The van der Waals surface area contributed by atoms with Crippen LogP contribution >= 0.6 is 0 Å². The van der Waals surface area contributed by atoms with Crippen LogP contribution in [-0.2, 0) is 30.5 Å². The van der Waals surface area contributed by atoms with Gasteiger partial charge in [0.05, 0.1) is 23.3 Å². The molecule has 1 rings (SSSR count). The minimum atomic E-state index is -4.04. The number of nitrogens with zero attached hydrogens (tertiary/aromatic N) is 1. The van der Waals surface area contributed by atoms with E-state index in [1.54, 1.807) is 0 Å². The fourth-order valence-electron chi connectivity index (χ4n) is 1.66. The predicted molar refractivity (Wildman–Crippen MR) is 75.5 cm³/mol. The Morgan fingerprint density at radius 2 is 1.81 bits per heavy atom. The number of carbonyl (C=O) groups is 1. The second kappa shape index (κ2) is 6.10. The van der Waals surface area contributed by atoms with Crippen LogP contribution in [0.3, 0.4) is 0 Å². The topological polar surface area (TPSA) is 124 Å². The van der Waals surface area contributed by atoms with Crippen molar-refractivity contribution in [3.63, 3.8) is 0 Å². The van der Waals surface area contributed by atoms with Crippen LogP contribution in [0.15, 0.2) is 23.1 Å². The minimum Gasteiger partial charge on any atom is -0.465 e. The van der Waals surface area contributed by atoms with Crippen molar-refractivity contribution in [3.05, 3.63) is 29.3 Å². The first kappa shape index (κ1) is 17.6. The molecule has 0 saturated carbocycles. The zero-order chi connectivity index (χ0) is 16.4. The van der Waals surface area contributed by atoms with Crippen molar-refractivity contribution in [1.82, 2.24) is 4.31 Å². The van der Waals surface area contributed by atoms with Gasteiger partial charge < -0.3 is 4.74 Å². The molecular weight excluding hydrogens is 320 g/mol. The molecule has 2 N–H and O–H groups in total. The van der Waals surface area contributed by atoms with Gasteiger partial charge in [-0.1, -0.05) is 6.07 Å². The molecule has 0 saturated heterocycles. The van der Waals surface area contributed by atoms with Crippen molar-refractivity contribution < 1.29 is 26.4 Å². The lowest BCUT2D eigenvalue weighted by Gasteiger charge is -2.16. The van der Waals surface area contributed by atoms with Crippen LogP contribution < -0.4 is 5.14 Å². The molecule has 0 bridgehead atoms. The summed E-state index contributed by atoms with van der Waals surface area (Å²) in [6.07, 6.45) is 0. The van der Waals surface area contributed by atoms with E-state index in [0.29, 0.717) is 0 Å². The Bertz CT molecular complexity index is 753. The lowest BCUT2D eigenvalue weighted by molar-refractivity contribution is 0.0599. The number of nitrogens with two attached hydrogens (primary N) is 1. The molecule has 0 aliphatic rings. The smallest absolute Gasteiger partial charge is 0.338 e. The molecular formula is C11H16N2O6S2. The second-order valence-corrected chi connectivity index (χ2v) is 8.10. The lowest BCUT2D eigenvalue weighted by Crippen LogP contribution is -2.26. The molecule has 1 aromatic rings. The van der Waals surface area contributed by atoms with Crippen molar-refractivity contribution in [2.45, 2.75) is 10.6 Å². The molecule has 0 aromatic heterocycles. The maximum absolute atomic E-state index is 12.2. The van der Waals surface area contributed by atoms with Gasteiger partial charge in [0.25, 0.3) is 0 Å². The van der Waals surface area contributed by atoms with Crippen LogP contribution in [0.5, 0.6) is 0 Å². The molecule has 8 nitrogen and oxygen atoms in total. The van der Waals surface area contributed by atoms with Gasteiger partial charge in [-0.05, 0) is 12.1 Å². The first-order chi connectivity index (χ1) is 9.50. The zero-order valence-corrected chi connectivity index (χ0v) is 13.4. The Labute approximate surface area is 123 Å². The Morgan fingerprint density at radius 3 is 2.24 bits per heavy atom. The van der Waals surface area contributed by atoms with Crippen LogP contribution in [0.2, 0.25) is 0 Å². The highest BCUT2D eigenvalue weighted by atomic mass is 32.2. The van der Waals surface area contributed by atoms with Gasteiger partial charge >= 0.3 is 5.97 Å². The van der Waals surface area contributed by atoms with Crippen LogP contribution in [0, 0.1) is 0 Å². The number of benzene rings is 1. The van der Waals surface area contributed by atoms with Crippen molar-refractivity contribution in [2.24, 2.45) is 5.14 Å². The predicted octanol–water partition coefficient (Wildman–Crippen LogP) is -0.488. The van der Waals surface area contributed by atoms with Gasteiger partial charge in [0.2, 0.25) is 20.0 Å². The van der Waals surface area contributed by atoms with Crippen LogP contribution in [0.1, 0.15) is 15.9 Å². The summed E-state index contributed by atoms with van der Waals surface area (Å²) in [6.45, 7) is 0. The van der Waals surface area contributed by atoms with Gasteiger partial charge in [-0.3, -0.25) is 0 Å². The Morgan fingerprint density at radius 1 is 1.24 bits per heavy atom. The minimum absolute atomic E-state index is 0.158. The first-order valence-corrected chi connectivity index (χ1v) is 8.79. The molecule has 0 amide bonds. The van der Waals surface area contributed by atoms with Crippen LogP contribution in [0.4, 0.5) is 0 Å². The third-order valence-electron chi connectivity index (χ3n) is 2.64. The average molecular weight is 336 g/mol. The lowest BCUT2D eigenvalue weighted by atomic mass is 10.1. The summed E-state index contributed by atoms with van der Waals surface area (Å²) >= 11 is 0. The van der Waals surface area contributed by atoms with Crippen LogP contribution in [0.25, 0.3) is 0 Å². The molecule has 10 heteroatoms. The Balaban J connectivity index is 3.70. The number of esters is 1. The van der Waals surface area contributed by atoms with E-state index in [1.165, 1.54) is 32.3 Å². The third kappa shape index (κ3) is 4.00. The molecule has 21 heavy (non-hydrogen) atoms. The molecule has 0 radical (unpaired) electrons. The third-order valence-corrected chi connectivity index (χ3v) is 5.23. The zero-order valence-electron chi connectivity index (χ0n) is 11.7. The van der Waals surface area contributed by atoms with E-state index in [1.807, 2.05) is 0 Å². The number of primary sulfonamides is 1. The summed E-state index contributed by atoms with van der Waals surface area (Å²) in [5.74, 6) is -1.63. The highest BCUT2D eigenvalue weighted by molar-refractivity contribution is 7.89. The normalized spacial score (nSPS) is 12.4. The molecule has 118 valence electrons. The standard InChI is InChI=1S/C11H16N2O6S2/c1-13(2)21(17,18)10-6-4-5-8(11(14)19-3)9(10)7-20(12,15)16/h4-6H,7H2,1-3H3,(H2,12,15,16).